The van der Waals surface area contributed by atoms with Gasteiger partial charge in [0, 0.05) is 6.04 Å². The fraction of sp³-hybridized carbons (Fsp3) is 0.720. The lowest BCUT2D eigenvalue weighted by Gasteiger charge is -2.51. The number of carbonyl (C=O) groups is 1. The molecular formula is C25H38N2O3. The molecule has 166 valence electrons. The first-order valence-corrected chi connectivity index (χ1v) is 11.8. The Morgan fingerprint density at radius 2 is 2.13 bits per heavy atom. The molecule has 1 aromatic rings. The van der Waals surface area contributed by atoms with Crippen LogP contribution < -0.4 is 15.8 Å². The minimum Gasteiger partial charge on any atom is -0.497 e. The number of hydrogen-bond donors (Lipinski definition) is 3. The standard InChI is InChI=1S/C25H38N2O3/c1-25-13-12-19-18-9-7-17(30-2)15-16(18)6-8-20(19)21(25)10-11-23(25)27-14-4-3-5-22(26)24(28)29/h7,9,15,19-23,27H,3-6,8,10-14,26H2,1-2H3,(H,28,29)/t19?,20?,21?,22-,23?,25-/m0/s1. The van der Waals surface area contributed by atoms with Gasteiger partial charge in [0.05, 0.1) is 7.11 Å². The smallest absolute Gasteiger partial charge is 0.320 e. The molecule has 4 N–H and O–H groups in total. The number of hydrogen-bond acceptors (Lipinski definition) is 4. The Morgan fingerprint density at radius 3 is 2.90 bits per heavy atom. The van der Waals surface area contributed by atoms with Gasteiger partial charge in [0.1, 0.15) is 11.8 Å². The van der Waals surface area contributed by atoms with Crippen molar-refractivity contribution in [1.82, 2.24) is 5.32 Å². The Morgan fingerprint density at radius 1 is 1.30 bits per heavy atom. The van der Waals surface area contributed by atoms with Crippen molar-refractivity contribution in [2.24, 2.45) is 23.0 Å². The van der Waals surface area contributed by atoms with Crippen molar-refractivity contribution in [1.29, 1.82) is 0 Å². The molecular weight excluding hydrogens is 376 g/mol. The van der Waals surface area contributed by atoms with Gasteiger partial charge in [0.2, 0.25) is 0 Å². The van der Waals surface area contributed by atoms with E-state index < -0.39 is 12.0 Å². The monoisotopic (exact) mass is 414 g/mol. The van der Waals surface area contributed by atoms with Gasteiger partial charge in [0.25, 0.3) is 0 Å². The number of carboxylic acids is 1. The molecule has 5 nitrogen and oxygen atoms in total. The number of benzene rings is 1. The summed E-state index contributed by atoms with van der Waals surface area (Å²) in [4.78, 5) is 10.8. The van der Waals surface area contributed by atoms with Crippen LogP contribution in [0.25, 0.3) is 0 Å². The van der Waals surface area contributed by atoms with Crippen LogP contribution in [0.1, 0.15) is 75.3 Å². The zero-order chi connectivity index (χ0) is 21.3. The molecule has 2 fully saturated rings. The molecule has 0 aliphatic heterocycles. The van der Waals surface area contributed by atoms with Crippen LogP contribution in [-0.4, -0.2) is 36.8 Å². The molecule has 3 aliphatic carbocycles. The summed E-state index contributed by atoms with van der Waals surface area (Å²) >= 11 is 0. The van der Waals surface area contributed by atoms with Crippen molar-refractivity contribution in [3.63, 3.8) is 0 Å². The third kappa shape index (κ3) is 3.99. The van der Waals surface area contributed by atoms with Gasteiger partial charge in [-0.2, -0.15) is 0 Å². The van der Waals surface area contributed by atoms with E-state index in [0.29, 0.717) is 23.8 Å². The molecule has 6 atom stereocenters. The third-order valence-corrected chi connectivity index (χ3v) is 8.58. The summed E-state index contributed by atoms with van der Waals surface area (Å²) in [7, 11) is 1.76. The lowest BCUT2D eigenvalue weighted by Crippen LogP contribution is -2.48. The van der Waals surface area contributed by atoms with Crippen LogP contribution in [0.15, 0.2) is 18.2 Å². The van der Waals surface area contributed by atoms with E-state index in [1.54, 1.807) is 12.7 Å². The van der Waals surface area contributed by atoms with Crippen molar-refractivity contribution < 1.29 is 14.6 Å². The average molecular weight is 415 g/mol. The average Bonchev–Trinajstić information content (AvgIpc) is 3.08. The minimum atomic E-state index is -0.890. The first-order chi connectivity index (χ1) is 14.4. The van der Waals surface area contributed by atoms with Crippen molar-refractivity contribution in [2.75, 3.05) is 13.7 Å². The van der Waals surface area contributed by atoms with Crippen molar-refractivity contribution in [3.8, 4) is 5.75 Å². The quantitative estimate of drug-likeness (QED) is 0.558. The van der Waals surface area contributed by atoms with Gasteiger partial charge in [-0.15, -0.1) is 0 Å². The fourth-order valence-corrected chi connectivity index (χ4v) is 6.91. The van der Waals surface area contributed by atoms with Gasteiger partial charge in [-0.1, -0.05) is 19.4 Å². The molecule has 2 saturated carbocycles. The molecule has 1 aromatic carbocycles. The summed E-state index contributed by atoms with van der Waals surface area (Å²) in [6.45, 7) is 3.50. The zero-order valence-electron chi connectivity index (χ0n) is 18.5. The Hall–Kier alpha value is -1.59. The van der Waals surface area contributed by atoms with E-state index in [1.165, 1.54) is 44.1 Å². The van der Waals surface area contributed by atoms with Crippen LogP contribution in [0.2, 0.25) is 0 Å². The Kier molecular flexibility index (Phi) is 6.40. The van der Waals surface area contributed by atoms with Crippen LogP contribution in [0.4, 0.5) is 0 Å². The highest BCUT2D eigenvalue weighted by Gasteiger charge is 2.54. The van der Waals surface area contributed by atoms with Crippen LogP contribution in [0.5, 0.6) is 5.75 Å². The number of unbranched alkanes of at least 4 members (excludes halogenated alkanes) is 1. The number of nitrogens with two attached hydrogens (primary N) is 1. The van der Waals surface area contributed by atoms with E-state index in [9.17, 15) is 4.79 Å². The number of fused-ring (bicyclic) bond motifs is 5. The number of aliphatic carboxylic acids is 1. The van der Waals surface area contributed by atoms with Gasteiger partial charge >= 0.3 is 5.97 Å². The van der Waals surface area contributed by atoms with Crippen LogP contribution in [0, 0.1) is 17.3 Å². The Labute approximate surface area is 180 Å². The van der Waals surface area contributed by atoms with E-state index in [4.69, 9.17) is 15.6 Å². The molecule has 3 aliphatic rings. The molecule has 4 unspecified atom stereocenters. The summed E-state index contributed by atoms with van der Waals surface area (Å²) in [6.07, 6.45) is 10.1. The highest BCUT2D eigenvalue weighted by molar-refractivity contribution is 5.72. The zero-order valence-corrected chi connectivity index (χ0v) is 18.5. The summed E-state index contributed by atoms with van der Waals surface area (Å²) < 4.78 is 5.45. The summed E-state index contributed by atoms with van der Waals surface area (Å²) in [6, 6.07) is 6.61. The van der Waals surface area contributed by atoms with Crippen LogP contribution >= 0.6 is 0 Å². The molecule has 0 saturated heterocycles. The van der Waals surface area contributed by atoms with Gasteiger partial charge in [-0.05, 0) is 104 Å². The maximum Gasteiger partial charge on any atom is 0.320 e. The first kappa shape index (κ1) is 21.6. The van der Waals surface area contributed by atoms with Gasteiger partial charge in [-0.25, -0.2) is 0 Å². The van der Waals surface area contributed by atoms with E-state index in [-0.39, 0.29) is 0 Å². The molecule has 0 radical (unpaired) electrons. The lowest BCUT2D eigenvalue weighted by molar-refractivity contribution is -0.138. The number of nitrogens with one attached hydrogen (secondary N) is 1. The molecule has 0 bridgehead atoms. The lowest BCUT2D eigenvalue weighted by atomic mass is 9.55. The molecule has 0 heterocycles. The van der Waals surface area contributed by atoms with E-state index >= 15 is 0 Å². The van der Waals surface area contributed by atoms with Crippen LogP contribution in [0.3, 0.4) is 0 Å². The van der Waals surface area contributed by atoms with Crippen molar-refractivity contribution in [2.45, 2.75) is 82.7 Å². The van der Waals surface area contributed by atoms with Gasteiger partial charge in [-0.3, -0.25) is 4.79 Å². The maximum absolute atomic E-state index is 10.8. The number of ether oxygens (including phenoxy) is 1. The van der Waals surface area contributed by atoms with E-state index in [0.717, 1.165) is 37.0 Å². The Balaban J connectivity index is 1.35. The maximum atomic E-state index is 10.8. The van der Waals surface area contributed by atoms with Crippen molar-refractivity contribution in [3.05, 3.63) is 29.3 Å². The minimum absolute atomic E-state index is 0.391. The molecule has 30 heavy (non-hydrogen) atoms. The molecule has 0 amide bonds. The number of aryl methyl sites for hydroxylation is 1. The van der Waals surface area contributed by atoms with E-state index in [2.05, 4.69) is 30.4 Å². The van der Waals surface area contributed by atoms with Crippen LogP contribution in [-0.2, 0) is 11.2 Å². The summed E-state index contributed by atoms with van der Waals surface area (Å²) in [5, 5.41) is 12.8. The number of methoxy groups -OCH3 is 1. The fourth-order valence-electron chi connectivity index (χ4n) is 6.91. The topological polar surface area (TPSA) is 84.6 Å². The number of rotatable bonds is 8. The summed E-state index contributed by atoms with van der Waals surface area (Å²) in [5.74, 6) is 2.43. The second-order valence-corrected chi connectivity index (χ2v) is 10.0. The second-order valence-electron chi connectivity index (χ2n) is 10.0. The number of carboxylic acid groups (broad SMARTS) is 1. The van der Waals surface area contributed by atoms with Gasteiger partial charge < -0.3 is 20.9 Å². The normalized spacial score (nSPS) is 33.3. The Bertz CT molecular complexity index is 767. The first-order valence-electron chi connectivity index (χ1n) is 11.8. The van der Waals surface area contributed by atoms with E-state index in [1.807, 2.05) is 0 Å². The molecule has 0 spiro atoms. The largest absolute Gasteiger partial charge is 0.497 e. The summed E-state index contributed by atoms with van der Waals surface area (Å²) in [5.41, 5.74) is 9.10. The molecule has 0 aromatic heterocycles. The predicted octanol–water partition coefficient (Wildman–Crippen LogP) is 4.09. The highest BCUT2D eigenvalue weighted by Crippen LogP contribution is 2.60. The van der Waals surface area contributed by atoms with Gasteiger partial charge in [0.15, 0.2) is 0 Å². The highest BCUT2D eigenvalue weighted by atomic mass is 16.5. The predicted molar refractivity (Wildman–Crippen MR) is 119 cm³/mol. The second kappa shape index (κ2) is 8.88. The molecule has 5 heteroatoms. The third-order valence-electron chi connectivity index (χ3n) is 8.58. The molecule has 4 rings (SSSR count). The SMILES string of the molecule is COc1ccc2c(c1)CCC1C2CC[C@]2(C)C(NCCCC[C@H](N)C(=O)O)CCC12. The van der Waals surface area contributed by atoms with Crippen molar-refractivity contribution >= 4 is 5.97 Å².